The molecule has 6 nitrogen and oxygen atoms in total. The number of amides is 1. The van der Waals surface area contributed by atoms with Crippen LogP contribution in [0.15, 0.2) is 47.5 Å². The van der Waals surface area contributed by atoms with Crippen molar-refractivity contribution >= 4 is 23.2 Å². The minimum Gasteiger partial charge on any atom is -0.371 e. The van der Waals surface area contributed by atoms with Crippen molar-refractivity contribution in [3.63, 3.8) is 0 Å². The smallest absolute Gasteiger partial charge is 0.225 e. The number of nitrogens with one attached hydrogen (secondary N) is 3. The maximum atomic E-state index is 13.6. The normalized spacial score (nSPS) is 20.7. The van der Waals surface area contributed by atoms with Gasteiger partial charge in [0.15, 0.2) is 17.6 Å². The largest absolute Gasteiger partial charge is 0.371 e. The maximum absolute atomic E-state index is 13.6. The molecule has 2 aromatic carbocycles. The third kappa shape index (κ3) is 5.18. The number of hydrogen-bond donors (Lipinski definition) is 3. The van der Waals surface area contributed by atoms with Crippen molar-refractivity contribution in [3.8, 4) is 0 Å². The van der Waals surface area contributed by atoms with Crippen LogP contribution in [-0.2, 0) is 4.79 Å². The van der Waals surface area contributed by atoms with Gasteiger partial charge in [-0.2, -0.15) is 0 Å². The van der Waals surface area contributed by atoms with E-state index in [9.17, 15) is 13.6 Å². The first kappa shape index (κ1) is 22.0. The van der Waals surface area contributed by atoms with E-state index < -0.39 is 11.6 Å². The summed E-state index contributed by atoms with van der Waals surface area (Å²) in [4.78, 5) is 18.9. The molecule has 170 valence electrons. The number of halogens is 2. The van der Waals surface area contributed by atoms with E-state index in [4.69, 9.17) is 4.99 Å². The summed E-state index contributed by atoms with van der Waals surface area (Å²) < 4.78 is 26.8. The highest BCUT2D eigenvalue weighted by molar-refractivity contribution is 5.94. The van der Waals surface area contributed by atoms with Crippen LogP contribution in [0.4, 0.5) is 20.2 Å². The summed E-state index contributed by atoms with van der Waals surface area (Å²) in [5, 5.41) is 9.59. The number of aliphatic imine (C=N–C) groups is 1. The van der Waals surface area contributed by atoms with Gasteiger partial charge in [0.1, 0.15) is 0 Å². The van der Waals surface area contributed by atoms with Gasteiger partial charge in [-0.3, -0.25) is 9.79 Å². The Bertz CT molecular complexity index is 996. The van der Waals surface area contributed by atoms with Crippen molar-refractivity contribution in [1.29, 1.82) is 0 Å². The highest BCUT2D eigenvalue weighted by atomic mass is 19.2. The summed E-state index contributed by atoms with van der Waals surface area (Å²) in [6.45, 7) is 5.55. The predicted molar refractivity (Wildman–Crippen MR) is 123 cm³/mol. The summed E-state index contributed by atoms with van der Waals surface area (Å²) in [5.41, 5.74) is 2.71. The number of nitrogens with zero attached hydrogens (tertiary/aromatic N) is 2. The quantitative estimate of drug-likeness (QED) is 0.474. The fourth-order valence-electron chi connectivity index (χ4n) is 4.36. The Balaban J connectivity index is 1.35. The first-order chi connectivity index (χ1) is 15.5. The molecular weight excluding hydrogens is 412 g/mol. The van der Waals surface area contributed by atoms with Gasteiger partial charge in [-0.25, -0.2) is 8.78 Å². The zero-order valence-electron chi connectivity index (χ0n) is 18.2. The van der Waals surface area contributed by atoms with Gasteiger partial charge in [-0.1, -0.05) is 18.2 Å². The number of para-hydroxylation sites is 1. The molecule has 0 radical (unpaired) electrons. The van der Waals surface area contributed by atoms with E-state index in [0.717, 1.165) is 43.3 Å². The minimum absolute atomic E-state index is 0.0284. The Kier molecular flexibility index (Phi) is 6.87. The van der Waals surface area contributed by atoms with Crippen LogP contribution in [-0.4, -0.2) is 44.6 Å². The van der Waals surface area contributed by atoms with E-state index in [0.29, 0.717) is 31.1 Å². The molecule has 0 aliphatic carbocycles. The number of rotatable bonds is 6. The first-order valence-corrected chi connectivity index (χ1v) is 11.1. The Morgan fingerprint density at radius 1 is 1.19 bits per heavy atom. The molecule has 2 aromatic rings. The van der Waals surface area contributed by atoms with Crippen LogP contribution >= 0.6 is 0 Å². The van der Waals surface area contributed by atoms with Gasteiger partial charge in [-0.05, 0) is 43.0 Å². The van der Waals surface area contributed by atoms with E-state index in [1.807, 2.05) is 25.1 Å². The SMILES string of the molecule is CCNC(=NCC1CCN(c2ccc(F)c(F)c2)C1)NCC1CC(=O)Nc2ccccc21. The van der Waals surface area contributed by atoms with Gasteiger partial charge in [0.2, 0.25) is 5.91 Å². The fraction of sp³-hybridized carbons (Fsp3) is 0.417. The van der Waals surface area contributed by atoms with Crippen LogP contribution < -0.4 is 20.9 Å². The maximum Gasteiger partial charge on any atom is 0.225 e. The average Bonchev–Trinajstić information content (AvgIpc) is 3.26. The van der Waals surface area contributed by atoms with Crippen molar-refractivity contribution in [2.45, 2.75) is 25.7 Å². The average molecular weight is 442 g/mol. The molecular formula is C24H29F2N5O. The second-order valence-electron chi connectivity index (χ2n) is 8.34. The molecule has 0 aromatic heterocycles. The monoisotopic (exact) mass is 441 g/mol. The van der Waals surface area contributed by atoms with E-state index in [1.54, 1.807) is 6.07 Å². The van der Waals surface area contributed by atoms with E-state index in [-0.39, 0.29) is 11.8 Å². The molecule has 2 unspecified atom stereocenters. The Labute approximate surface area is 187 Å². The van der Waals surface area contributed by atoms with Crippen molar-refractivity contribution < 1.29 is 13.6 Å². The molecule has 2 heterocycles. The number of hydrogen-bond acceptors (Lipinski definition) is 3. The van der Waals surface area contributed by atoms with E-state index in [2.05, 4.69) is 26.9 Å². The summed E-state index contributed by atoms with van der Waals surface area (Å²) in [6, 6.07) is 11.9. The summed E-state index contributed by atoms with van der Waals surface area (Å²) in [7, 11) is 0. The van der Waals surface area contributed by atoms with E-state index >= 15 is 0 Å². The number of fused-ring (bicyclic) bond motifs is 1. The lowest BCUT2D eigenvalue weighted by Crippen LogP contribution is -2.41. The van der Waals surface area contributed by atoms with Crippen LogP contribution in [0, 0.1) is 17.6 Å². The molecule has 2 aliphatic rings. The number of benzene rings is 2. The molecule has 1 amide bonds. The number of carbonyl (C=O) groups excluding carboxylic acids is 1. The molecule has 8 heteroatoms. The molecule has 2 aliphatic heterocycles. The minimum atomic E-state index is -0.825. The van der Waals surface area contributed by atoms with Gasteiger partial charge >= 0.3 is 0 Å². The molecule has 3 N–H and O–H groups in total. The second-order valence-corrected chi connectivity index (χ2v) is 8.34. The second kappa shape index (κ2) is 9.97. The molecule has 1 saturated heterocycles. The molecule has 0 bridgehead atoms. The van der Waals surface area contributed by atoms with Gasteiger partial charge in [0.05, 0.1) is 0 Å². The Hall–Kier alpha value is -3.16. The van der Waals surface area contributed by atoms with Crippen LogP contribution in [0.3, 0.4) is 0 Å². The van der Waals surface area contributed by atoms with Crippen molar-refractivity contribution in [3.05, 3.63) is 59.7 Å². The van der Waals surface area contributed by atoms with Crippen molar-refractivity contribution in [2.75, 3.05) is 42.9 Å². The zero-order valence-corrected chi connectivity index (χ0v) is 18.2. The van der Waals surface area contributed by atoms with Crippen LogP contribution in [0.25, 0.3) is 0 Å². The summed E-state index contributed by atoms with van der Waals surface area (Å²) in [6.07, 6.45) is 1.38. The topological polar surface area (TPSA) is 68.8 Å². The van der Waals surface area contributed by atoms with Crippen LogP contribution in [0.2, 0.25) is 0 Å². The molecule has 4 rings (SSSR count). The zero-order chi connectivity index (χ0) is 22.5. The highest BCUT2D eigenvalue weighted by Crippen LogP contribution is 2.31. The molecule has 0 saturated carbocycles. The third-order valence-corrected chi connectivity index (χ3v) is 6.03. The summed E-state index contributed by atoms with van der Waals surface area (Å²) >= 11 is 0. The van der Waals surface area contributed by atoms with Crippen molar-refractivity contribution in [1.82, 2.24) is 10.6 Å². The highest BCUT2D eigenvalue weighted by Gasteiger charge is 2.26. The number of guanidine groups is 1. The van der Waals surface area contributed by atoms with Gasteiger partial charge in [0, 0.05) is 62.5 Å². The van der Waals surface area contributed by atoms with Gasteiger partial charge < -0.3 is 20.9 Å². The molecule has 32 heavy (non-hydrogen) atoms. The number of carbonyl (C=O) groups is 1. The standard InChI is InChI=1S/C24H29F2N5O/c1-2-27-24(29-14-17-11-23(32)30-22-6-4-3-5-19(17)22)28-13-16-9-10-31(15-16)18-7-8-20(25)21(26)12-18/h3-8,12,16-17H,2,9-11,13-15H2,1H3,(H,30,32)(H2,27,28,29). The third-order valence-electron chi connectivity index (χ3n) is 6.03. The van der Waals surface area contributed by atoms with Crippen molar-refractivity contribution in [2.24, 2.45) is 10.9 Å². The van der Waals surface area contributed by atoms with E-state index in [1.165, 1.54) is 12.1 Å². The van der Waals surface area contributed by atoms with Crippen LogP contribution in [0.5, 0.6) is 0 Å². The predicted octanol–water partition coefficient (Wildman–Crippen LogP) is 3.47. The lowest BCUT2D eigenvalue weighted by atomic mass is 9.90. The Morgan fingerprint density at radius 3 is 2.84 bits per heavy atom. The lowest BCUT2D eigenvalue weighted by molar-refractivity contribution is -0.116. The van der Waals surface area contributed by atoms with Crippen LogP contribution in [0.1, 0.15) is 31.2 Å². The van der Waals surface area contributed by atoms with Gasteiger partial charge in [-0.15, -0.1) is 0 Å². The lowest BCUT2D eigenvalue weighted by Gasteiger charge is -2.26. The molecule has 1 fully saturated rings. The number of anilines is 2. The van der Waals surface area contributed by atoms with Gasteiger partial charge in [0.25, 0.3) is 0 Å². The molecule has 0 spiro atoms. The summed E-state index contributed by atoms with van der Waals surface area (Å²) in [5.74, 6) is -0.476. The molecule has 2 atom stereocenters. The first-order valence-electron chi connectivity index (χ1n) is 11.1. The fourth-order valence-corrected chi connectivity index (χ4v) is 4.36. The Morgan fingerprint density at radius 2 is 2.03 bits per heavy atom.